The van der Waals surface area contributed by atoms with E-state index in [0.29, 0.717) is 77.0 Å². The monoisotopic (exact) mass is 980 g/mol. The zero-order valence-corrected chi connectivity index (χ0v) is 41.0. The second-order valence-electron chi connectivity index (χ2n) is 22.2. The van der Waals surface area contributed by atoms with Crippen molar-refractivity contribution in [3.63, 3.8) is 0 Å². The Hall–Kier alpha value is -6.04. The Morgan fingerprint density at radius 2 is 1.71 bits per heavy atom. The lowest BCUT2D eigenvalue weighted by Crippen LogP contribution is -2.59. The van der Waals surface area contributed by atoms with Crippen molar-refractivity contribution in [1.29, 1.82) is 0 Å². The molecule has 2 aliphatic carbocycles. The van der Waals surface area contributed by atoms with Gasteiger partial charge in [-0.1, -0.05) is 13.0 Å². The van der Waals surface area contributed by atoms with E-state index in [4.69, 9.17) is 19.4 Å². The molecule has 6 aromatic rings. The smallest absolute Gasteiger partial charge is 0.319 e. The van der Waals surface area contributed by atoms with Gasteiger partial charge in [0.1, 0.15) is 34.6 Å². The van der Waals surface area contributed by atoms with Crippen LogP contribution in [0.2, 0.25) is 0 Å². The Labute approximate surface area is 416 Å². The number of aromatic hydroxyl groups is 1. The number of hydrogen-bond acceptors (Lipinski definition) is 13. The fourth-order valence-electron chi connectivity index (χ4n) is 13.3. The molecule has 5 saturated heterocycles. The number of piperidine rings is 3. The second kappa shape index (κ2) is 17.6. The molecule has 0 bridgehead atoms. The van der Waals surface area contributed by atoms with Gasteiger partial charge in [0.2, 0.25) is 5.91 Å². The number of carbonyl (C=O) groups excluding carboxylic acids is 2. The van der Waals surface area contributed by atoms with Crippen molar-refractivity contribution in [3.05, 3.63) is 72.1 Å². The number of ether oxygens (including phenoxy) is 2. The maximum atomic E-state index is 17.3. The number of aromatic nitrogens is 5. The van der Waals surface area contributed by atoms with Gasteiger partial charge in [0, 0.05) is 92.9 Å². The average Bonchev–Trinajstić information content (AvgIpc) is 4.01. The number of nitrogens with one attached hydrogen (secondary N) is 1. The number of carbonyl (C=O) groups is 2. The van der Waals surface area contributed by atoms with Gasteiger partial charge in [-0.25, -0.2) is 8.78 Å². The molecule has 2 spiro atoms. The third-order valence-electron chi connectivity index (χ3n) is 17.8. The van der Waals surface area contributed by atoms with Gasteiger partial charge in [-0.2, -0.15) is 15.1 Å². The number of pyridine rings is 1. The van der Waals surface area contributed by atoms with Crippen LogP contribution in [0.1, 0.15) is 89.2 Å². The van der Waals surface area contributed by atoms with E-state index >= 15 is 8.78 Å². The first kappa shape index (κ1) is 45.8. The first-order valence-corrected chi connectivity index (χ1v) is 26.3. The molecular formula is C55H62F2N10O5. The molecule has 8 heterocycles. The van der Waals surface area contributed by atoms with E-state index in [1.54, 1.807) is 23.0 Å². The summed E-state index contributed by atoms with van der Waals surface area (Å²) in [6.45, 7) is 11.5. The summed E-state index contributed by atoms with van der Waals surface area (Å²) in [4.78, 5) is 48.6. The molecule has 7 fully saturated rings. The number of amides is 2. The van der Waals surface area contributed by atoms with Gasteiger partial charge in [-0.05, 0) is 135 Å². The fraction of sp³-hybridized carbons (Fsp3) is 0.527. The van der Waals surface area contributed by atoms with E-state index in [0.717, 1.165) is 102 Å². The van der Waals surface area contributed by atoms with Gasteiger partial charge >= 0.3 is 6.01 Å². The highest BCUT2D eigenvalue weighted by Crippen LogP contribution is 2.53. The molecule has 1 unspecified atom stereocenters. The van der Waals surface area contributed by atoms with Crippen molar-refractivity contribution in [2.75, 3.05) is 81.9 Å². The summed E-state index contributed by atoms with van der Waals surface area (Å²) in [7, 11) is 0. The summed E-state index contributed by atoms with van der Waals surface area (Å²) in [5.41, 5.74) is 3.08. The predicted molar refractivity (Wildman–Crippen MR) is 269 cm³/mol. The number of anilines is 2. The quantitative estimate of drug-likeness (QED) is 0.122. The minimum atomic E-state index is -0.664. The SMILES string of the molecule is CCc1c(F)ccc2cc(O)cc(-c3ncc4c(N5CCC[C@]6(CCO6)C5)nc(OCC5(CN6CCC7(CC6)CC(N6CCN(c8ccc9c(cnn9C9CCC(=O)NC9=O)c8)CC6)C7)CC5)nc4c3F)c12. The summed E-state index contributed by atoms with van der Waals surface area (Å²) in [6.07, 6.45) is 14.5. The summed E-state index contributed by atoms with van der Waals surface area (Å²) >= 11 is 0. The molecule has 2 atom stereocenters. The molecule has 2 amide bonds. The molecule has 376 valence electrons. The molecular weight excluding hydrogens is 919 g/mol. The fourth-order valence-corrected chi connectivity index (χ4v) is 13.3. The van der Waals surface area contributed by atoms with E-state index < -0.39 is 11.9 Å². The van der Waals surface area contributed by atoms with E-state index in [-0.39, 0.29) is 51.6 Å². The van der Waals surface area contributed by atoms with Crippen LogP contribution in [0.5, 0.6) is 11.8 Å². The van der Waals surface area contributed by atoms with Crippen LogP contribution >= 0.6 is 0 Å². The van der Waals surface area contributed by atoms with Crippen molar-refractivity contribution in [2.24, 2.45) is 10.8 Å². The van der Waals surface area contributed by atoms with Gasteiger partial charge in [0.15, 0.2) is 5.82 Å². The molecule has 7 aliphatic rings. The van der Waals surface area contributed by atoms with Gasteiger partial charge < -0.3 is 29.3 Å². The highest BCUT2D eigenvalue weighted by Gasteiger charge is 2.51. The minimum Gasteiger partial charge on any atom is -0.508 e. The van der Waals surface area contributed by atoms with Crippen molar-refractivity contribution >= 4 is 55.9 Å². The number of likely N-dealkylation sites (tertiary alicyclic amines) is 1. The minimum absolute atomic E-state index is 0.00980. The van der Waals surface area contributed by atoms with Crippen molar-refractivity contribution in [3.8, 4) is 23.0 Å². The molecule has 15 nitrogen and oxygen atoms in total. The van der Waals surface area contributed by atoms with Crippen LogP contribution in [0, 0.1) is 22.5 Å². The number of fused-ring (bicyclic) bond motifs is 3. The Bertz CT molecular complexity index is 3130. The Morgan fingerprint density at radius 3 is 2.46 bits per heavy atom. The number of piperazine rings is 1. The van der Waals surface area contributed by atoms with Crippen LogP contribution in [0.25, 0.3) is 43.8 Å². The summed E-state index contributed by atoms with van der Waals surface area (Å²) in [5, 5.41) is 20.4. The number of phenols is 1. The summed E-state index contributed by atoms with van der Waals surface area (Å²) in [6, 6.07) is 12.7. The lowest BCUT2D eigenvalue weighted by atomic mass is 9.60. The molecule has 5 aliphatic heterocycles. The molecule has 2 saturated carbocycles. The average molecular weight is 981 g/mol. The number of halogens is 2. The molecule has 2 N–H and O–H groups in total. The largest absolute Gasteiger partial charge is 0.508 e. The highest BCUT2D eigenvalue weighted by molar-refractivity contribution is 6.02. The highest BCUT2D eigenvalue weighted by atomic mass is 19.1. The Kier molecular flexibility index (Phi) is 11.2. The van der Waals surface area contributed by atoms with Crippen LogP contribution < -0.4 is 19.9 Å². The predicted octanol–water partition coefficient (Wildman–Crippen LogP) is 7.70. The van der Waals surface area contributed by atoms with E-state index in [2.05, 4.69) is 53.2 Å². The lowest BCUT2D eigenvalue weighted by Gasteiger charge is -2.56. The van der Waals surface area contributed by atoms with Crippen LogP contribution in [0.4, 0.5) is 20.3 Å². The summed E-state index contributed by atoms with van der Waals surface area (Å²) < 4.78 is 46.9. The topological polar surface area (TPSA) is 154 Å². The first-order valence-electron chi connectivity index (χ1n) is 26.3. The molecule has 0 radical (unpaired) electrons. The number of aryl methyl sites for hydroxylation is 1. The molecule has 3 aromatic carbocycles. The first-order chi connectivity index (χ1) is 35.0. The van der Waals surface area contributed by atoms with E-state index in [9.17, 15) is 14.7 Å². The molecule has 13 rings (SSSR count). The molecule has 72 heavy (non-hydrogen) atoms. The number of imide groups is 1. The zero-order chi connectivity index (χ0) is 48.9. The van der Waals surface area contributed by atoms with Crippen LogP contribution in [0.15, 0.2) is 54.9 Å². The Morgan fingerprint density at radius 1 is 0.889 bits per heavy atom. The number of hydrogen-bond donors (Lipinski definition) is 2. The third kappa shape index (κ3) is 8.10. The van der Waals surface area contributed by atoms with Gasteiger partial charge in [-0.15, -0.1) is 0 Å². The molecule has 17 heteroatoms. The van der Waals surface area contributed by atoms with Gasteiger partial charge in [0.05, 0.1) is 35.9 Å². The standard InChI is InChI=1S/C55H62F2N10O5/c1-2-39-42(56)6-4-34-25-38(68)26-40(46(34)39)48-47(57)49-41(30-58-48)50(66-16-3-10-55(32-66)15-23-72-55)62-52(61-49)71-33-54(11-12-54)31-63-17-13-53(14-18-63)27-37(28-53)65-21-19-64(20-22-65)36-5-7-43-35(24-36)29-59-67(43)44-8-9-45(69)60-51(44)70/h4-7,24-26,29-30,37,44,68H,2-3,8-23,27-28,31-33H2,1H3,(H,60,69,70)/t44?,55-/m0/s1. The van der Waals surface area contributed by atoms with Crippen molar-refractivity contribution < 1.29 is 33.0 Å². The van der Waals surface area contributed by atoms with Gasteiger partial charge in [-0.3, -0.25) is 29.5 Å². The second-order valence-corrected chi connectivity index (χ2v) is 22.2. The maximum absolute atomic E-state index is 17.3. The van der Waals surface area contributed by atoms with Crippen molar-refractivity contribution in [1.82, 2.24) is 39.8 Å². The van der Waals surface area contributed by atoms with Gasteiger partial charge in [0.25, 0.3) is 5.91 Å². The third-order valence-corrected chi connectivity index (χ3v) is 17.8. The van der Waals surface area contributed by atoms with E-state index in [1.807, 2.05) is 13.1 Å². The number of rotatable bonds is 11. The van der Waals surface area contributed by atoms with E-state index in [1.165, 1.54) is 43.5 Å². The van der Waals surface area contributed by atoms with Crippen LogP contribution in [-0.2, 0) is 20.7 Å². The number of phenolic OH excluding ortho intramolecular Hbond substituents is 1. The zero-order valence-electron chi connectivity index (χ0n) is 41.0. The lowest BCUT2D eigenvalue weighted by molar-refractivity contribution is -0.151. The van der Waals surface area contributed by atoms with Crippen LogP contribution in [0.3, 0.4) is 0 Å². The number of nitrogens with zero attached hydrogens (tertiary/aromatic N) is 9. The molecule has 3 aromatic heterocycles. The normalized spacial score (nSPS) is 24.6. The summed E-state index contributed by atoms with van der Waals surface area (Å²) in [5.74, 6) is -1.05. The number of benzene rings is 3. The maximum Gasteiger partial charge on any atom is 0.319 e. The van der Waals surface area contributed by atoms with Crippen molar-refractivity contribution in [2.45, 2.75) is 102 Å². The van der Waals surface area contributed by atoms with Crippen LogP contribution in [-0.4, -0.2) is 135 Å². The Balaban J connectivity index is 0.654.